The number of para-hydroxylation sites is 1. The van der Waals surface area contributed by atoms with Crippen LogP contribution in [0.5, 0.6) is 0 Å². The first-order valence-corrected chi connectivity index (χ1v) is 10.3. The van der Waals surface area contributed by atoms with Crippen molar-refractivity contribution in [1.29, 1.82) is 0 Å². The van der Waals surface area contributed by atoms with Gasteiger partial charge in [-0.3, -0.25) is 14.2 Å². The lowest BCUT2D eigenvalue weighted by atomic mass is 10.1. The molecule has 0 spiro atoms. The molecule has 1 amide bonds. The minimum absolute atomic E-state index is 0.0664. The first-order chi connectivity index (χ1) is 14.1. The number of halogens is 1. The Balaban J connectivity index is 1.61. The molecule has 1 saturated heterocycles. The lowest BCUT2D eigenvalue weighted by Crippen LogP contribution is -2.39. The smallest absolute Gasteiger partial charge is 0.263 e. The molecule has 7 heteroatoms. The molecule has 1 aromatic heterocycles. The summed E-state index contributed by atoms with van der Waals surface area (Å²) in [6.07, 6.45) is 3.29. The van der Waals surface area contributed by atoms with Gasteiger partial charge in [-0.2, -0.15) is 0 Å². The van der Waals surface area contributed by atoms with E-state index < -0.39 is 0 Å². The molecular formula is C22H23ClN4O2. The molecule has 2 aromatic carbocycles. The quantitative estimate of drug-likeness (QED) is 0.700. The topological polar surface area (TPSA) is 67.2 Å². The number of hydrogen-bond donors (Lipinski definition) is 1. The van der Waals surface area contributed by atoms with Gasteiger partial charge in [-0.05, 0) is 49.1 Å². The van der Waals surface area contributed by atoms with Gasteiger partial charge in [-0.1, -0.05) is 35.9 Å². The van der Waals surface area contributed by atoms with Crippen molar-refractivity contribution < 1.29 is 4.79 Å². The predicted octanol–water partition coefficient (Wildman–Crippen LogP) is 3.36. The van der Waals surface area contributed by atoms with Gasteiger partial charge >= 0.3 is 0 Å². The molecule has 6 nitrogen and oxygen atoms in total. The fourth-order valence-electron chi connectivity index (χ4n) is 3.68. The van der Waals surface area contributed by atoms with Crippen molar-refractivity contribution in [2.45, 2.75) is 32.4 Å². The number of nitrogens with one attached hydrogen (secondary N) is 1. The van der Waals surface area contributed by atoms with Crippen molar-refractivity contribution in [2.75, 3.05) is 18.0 Å². The van der Waals surface area contributed by atoms with Crippen LogP contribution in [0.4, 0.5) is 5.95 Å². The molecule has 29 heavy (non-hydrogen) atoms. The summed E-state index contributed by atoms with van der Waals surface area (Å²) in [6, 6.07) is 14.6. The van der Waals surface area contributed by atoms with Crippen LogP contribution in [0, 0.1) is 0 Å². The third-order valence-corrected chi connectivity index (χ3v) is 5.40. The van der Waals surface area contributed by atoms with E-state index >= 15 is 0 Å². The van der Waals surface area contributed by atoms with Gasteiger partial charge in [0.25, 0.3) is 5.56 Å². The zero-order valence-electron chi connectivity index (χ0n) is 16.1. The third kappa shape index (κ3) is 4.43. The van der Waals surface area contributed by atoms with Gasteiger partial charge in [0.05, 0.1) is 10.9 Å². The Hall–Kier alpha value is -2.86. The SMILES string of the molecule is O=C(Cn1c(N2CCCCC2)nc2ccccc2c1=O)NCc1cccc(Cl)c1. The summed E-state index contributed by atoms with van der Waals surface area (Å²) in [7, 11) is 0. The van der Waals surface area contributed by atoms with E-state index in [0.29, 0.717) is 28.4 Å². The number of anilines is 1. The van der Waals surface area contributed by atoms with E-state index in [-0.39, 0.29) is 18.0 Å². The molecule has 0 unspecified atom stereocenters. The van der Waals surface area contributed by atoms with Crippen molar-refractivity contribution in [3.63, 3.8) is 0 Å². The molecular weight excluding hydrogens is 388 g/mol. The second-order valence-electron chi connectivity index (χ2n) is 7.27. The van der Waals surface area contributed by atoms with E-state index in [4.69, 9.17) is 16.6 Å². The second kappa shape index (κ2) is 8.66. The van der Waals surface area contributed by atoms with Crippen molar-refractivity contribution in [3.05, 3.63) is 69.5 Å². The number of aromatic nitrogens is 2. The highest BCUT2D eigenvalue weighted by atomic mass is 35.5. The number of nitrogens with zero attached hydrogens (tertiary/aromatic N) is 3. The predicted molar refractivity (Wildman–Crippen MR) is 115 cm³/mol. The average molecular weight is 411 g/mol. The number of amides is 1. The number of rotatable bonds is 5. The summed E-state index contributed by atoms with van der Waals surface area (Å²) < 4.78 is 1.50. The maximum atomic E-state index is 13.1. The number of carbonyl (C=O) groups is 1. The largest absolute Gasteiger partial charge is 0.350 e. The van der Waals surface area contributed by atoms with Gasteiger partial charge in [0, 0.05) is 24.7 Å². The lowest BCUT2D eigenvalue weighted by molar-refractivity contribution is -0.121. The van der Waals surface area contributed by atoms with Gasteiger partial charge in [-0.15, -0.1) is 0 Å². The van der Waals surface area contributed by atoms with Gasteiger partial charge in [0.2, 0.25) is 11.9 Å². The van der Waals surface area contributed by atoms with E-state index in [1.165, 1.54) is 11.0 Å². The third-order valence-electron chi connectivity index (χ3n) is 5.16. The molecule has 1 N–H and O–H groups in total. The minimum atomic E-state index is -0.234. The Morgan fingerprint density at radius 3 is 2.66 bits per heavy atom. The Morgan fingerprint density at radius 1 is 1.07 bits per heavy atom. The van der Waals surface area contributed by atoms with Crippen LogP contribution in [0.15, 0.2) is 53.3 Å². The molecule has 1 aliphatic rings. The molecule has 0 radical (unpaired) electrons. The Bertz CT molecular complexity index is 1090. The number of hydrogen-bond acceptors (Lipinski definition) is 4. The van der Waals surface area contributed by atoms with Crippen LogP contribution in [-0.4, -0.2) is 28.5 Å². The van der Waals surface area contributed by atoms with Gasteiger partial charge < -0.3 is 10.2 Å². The zero-order chi connectivity index (χ0) is 20.2. The van der Waals surface area contributed by atoms with Crippen molar-refractivity contribution in [2.24, 2.45) is 0 Å². The molecule has 150 valence electrons. The molecule has 0 atom stereocenters. The van der Waals surface area contributed by atoms with Crippen LogP contribution < -0.4 is 15.8 Å². The van der Waals surface area contributed by atoms with Crippen LogP contribution >= 0.6 is 11.6 Å². The van der Waals surface area contributed by atoms with Gasteiger partial charge in [0.15, 0.2) is 0 Å². The molecule has 1 fully saturated rings. The number of benzene rings is 2. The van der Waals surface area contributed by atoms with E-state index in [0.717, 1.165) is 31.5 Å². The highest BCUT2D eigenvalue weighted by Crippen LogP contribution is 2.19. The van der Waals surface area contributed by atoms with Crippen molar-refractivity contribution in [3.8, 4) is 0 Å². The summed E-state index contributed by atoms with van der Waals surface area (Å²) in [4.78, 5) is 32.6. The molecule has 0 bridgehead atoms. The standard InChI is InChI=1S/C22H23ClN4O2/c23-17-8-6-7-16(13-17)14-24-20(28)15-27-21(29)18-9-2-3-10-19(18)25-22(27)26-11-4-1-5-12-26/h2-3,6-10,13H,1,4-5,11-12,14-15H2,(H,24,28). The highest BCUT2D eigenvalue weighted by molar-refractivity contribution is 6.30. The Morgan fingerprint density at radius 2 is 1.86 bits per heavy atom. The van der Waals surface area contributed by atoms with Crippen LogP contribution in [0.3, 0.4) is 0 Å². The zero-order valence-corrected chi connectivity index (χ0v) is 16.9. The molecule has 1 aliphatic heterocycles. The molecule has 2 heterocycles. The van der Waals surface area contributed by atoms with Gasteiger partial charge in [0.1, 0.15) is 6.54 Å². The normalized spacial score (nSPS) is 14.2. The maximum Gasteiger partial charge on any atom is 0.263 e. The van der Waals surface area contributed by atoms with Crippen LogP contribution in [0.25, 0.3) is 10.9 Å². The minimum Gasteiger partial charge on any atom is -0.350 e. The molecule has 0 aliphatic carbocycles. The average Bonchev–Trinajstić information content (AvgIpc) is 2.75. The van der Waals surface area contributed by atoms with E-state index in [2.05, 4.69) is 10.2 Å². The number of carbonyl (C=O) groups excluding carboxylic acids is 1. The summed E-state index contributed by atoms with van der Waals surface area (Å²) in [5.74, 6) is 0.341. The number of piperidine rings is 1. The summed E-state index contributed by atoms with van der Waals surface area (Å²) in [5.41, 5.74) is 1.38. The van der Waals surface area contributed by atoms with Crippen molar-refractivity contribution in [1.82, 2.24) is 14.9 Å². The first kappa shape index (κ1) is 19.5. The van der Waals surface area contributed by atoms with Gasteiger partial charge in [-0.25, -0.2) is 4.98 Å². The fraction of sp³-hybridized carbons (Fsp3) is 0.318. The van der Waals surface area contributed by atoms with E-state index in [9.17, 15) is 9.59 Å². The summed E-state index contributed by atoms with van der Waals surface area (Å²) in [6.45, 7) is 1.97. The van der Waals surface area contributed by atoms with Crippen molar-refractivity contribution >= 4 is 34.4 Å². The van der Waals surface area contributed by atoms with Crippen LogP contribution in [0.2, 0.25) is 5.02 Å². The molecule has 4 rings (SSSR count). The number of fused-ring (bicyclic) bond motifs is 1. The lowest BCUT2D eigenvalue weighted by Gasteiger charge is -2.29. The molecule has 0 saturated carbocycles. The van der Waals surface area contributed by atoms with E-state index in [1.54, 1.807) is 12.1 Å². The Labute approximate surface area is 174 Å². The van der Waals surface area contributed by atoms with E-state index in [1.807, 2.05) is 36.4 Å². The molecule has 3 aromatic rings. The summed E-state index contributed by atoms with van der Waals surface area (Å²) >= 11 is 6.00. The monoisotopic (exact) mass is 410 g/mol. The second-order valence-corrected chi connectivity index (χ2v) is 7.71. The van der Waals surface area contributed by atoms with Crippen LogP contribution in [-0.2, 0) is 17.9 Å². The fourth-order valence-corrected chi connectivity index (χ4v) is 3.89. The van der Waals surface area contributed by atoms with Crippen LogP contribution in [0.1, 0.15) is 24.8 Å². The Kier molecular flexibility index (Phi) is 5.81. The highest BCUT2D eigenvalue weighted by Gasteiger charge is 2.20. The maximum absolute atomic E-state index is 13.1. The first-order valence-electron chi connectivity index (χ1n) is 9.87. The summed E-state index contributed by atoms with van der Waals surface area (Å²) in [5, 5.41) is 4.02.